The molecule has 22 heavy (non-hydrogen) atoms. The average Bonchev–Trinajstić information content (AvgIpc) is 2.49. The summed E-state index contributed by atoms with van der Waals surface area (Å²) in [5.74, 6) is 1.24. The first-order chi connectivity index (χ1) is 10.4. The molecule has 2 aromatic rings. The molecule has 6 heteroatoms. The predicted molar refractivity (Wildman–Crippen MR) is 79.0 cm³/mol. The lowest BCUT2D eigenvalue weighted by atomic mass is 10.2. The first-order valence-corrected chi connectivity index (χ1v) is 6.87. The molecule has 0 fully saturated rings. The van der Waals surface area contributed by atoms with Crippen molar-refractivity contribution < 1.29 is 17.9 Å². The highest BCUT2D eigenvalue weighted by Crippen LogP contribution is 2.29. The van der Waals surface area contributed by atoms with Crippen molar-refractivity contribution in [3.8, 4) is 5.75 Å². The molecule has 0 unspecified atom stereocenters. The SMILES string of the molecule is CCOc1ccccc1CN(C)c1ccc(C(F)(F)F)cn1. The number of aromatic nitrogens is 1. The van der Waals surface area contributed by atoms with Crippen LogP contribution in [0.2, 0.25) is 0 Å². The van der Waals surface area contributed by atoms with E-state index in [2.05, 4.69) is 4.98 Å². The topological polar surface area (TPSA) is 25.4 Å². The van der Waals surface area contributed by atoms with Gasteiger partial charge >= 0.3 is 6.18 Å². The monoisotopic (exact) mass is 310 g/mol. The number of ether oxygens (including phenoxy) is 1. The van der Waals surface area contributed by atoms with E-state index < -0.39 is 11.7 Å². The van der Waals surface area contributed by atoms with Crippen molar-refractivity contribution in [3.05, 3.63) is 53.7 Å². The van der Waals surface area contributed by atoms with E-state index in [1.54, 1.807) is 11.9 Å². The van der Waals surface area contributed by atoms with Crippen molar-refractivity contribution in [2.24, 2.45) is 0 Å². The Kier molecular flexibility index (Phi) is 4.90. The van der Waals surface area contributed by atoms with Gasteiger partial charge in [-0.15, -0.1) is 0 Å². The molecule has 1 aromatic heterocycles. The first kappa shape index (κ1) is 16.1. The van der Waals surface area contributed by atoms with Gasteiger partial charge in [0.15, 0.2) is 0 Å². The third-order valence-electron chi connectivity index (χ3n) is 3.15. The average molecular weight is 310 g/mol. The quantitative estimate of drug-likeness (QED) is 0.830. The normalized spacial score (nSPS) is 11.3. The molecule has 0 saturated carbocycles. The zero-order chi connectivity index (χ0) is 16.2. The summed E-state index contributed by atoms with van der Waals surface area (Å²) >= 11 is 0. The molecule has 2 rings (SSSR count). The Morgan fingerprint density at radius 2 is 1.86 bits per heavy atom. The highest BCUT2D eigenvalue weighted by Gasteiger charge is 2.30. The first-order valence-electron chi connectivity index (χ1n) is 6.87. The van der Waals surface area contributed by atoms with Crippen molar-refractivity contribution >= 4 is 5.82 Å². The van der Waals surface area contributed by atoms with Crippen molar-refractivity contribution in [3.63, 3.8) is 0 Å². The van der Waals surface area contributed by atoms with Crippen LogP contribution in [0.15, 0.2) is 42.6 Å². The lowest BCUT2D eigenvalue weighted by Crippen LogP contribution is -2.18. The molecule has 1 heterocycles. The van der Waals surface area contributed by atoms with Gasteiger partial charge < -0.3 is 9.64 Å². The highest BCUT2D eigenvalue weighted by molar-refractivity contribution is 5.42. The third-order valence-corrected chi connectivity index (χ3v) is 3.15. The Hall–Kier alpha value is -2.24. The molecule has 0 radical (unpaired) electrons. The van der Waals surface area contributed by atoms with Crippen LogP contribution in [0.3, 0.4) is 0 Å². The number of anilines is 1. The van der Waals surface area contributed by atoms with Gasteiger partial charge in [0.25, 0.3) is 0 Å². The van der Waals surface area contributed by atoms with Crippen LogP contribution in [-0.2, 0) is 12.7 Å². The van der Waals surface area contributed by atoms with Gasteiger partial charge in [0.05, 0.1) is 12.2 Å². The third kappa shape index (κ3) is 3.90. The van der Waals surface area contributed by atoms with Crippen LogP contribution in [0.4, 0.5) is 19.0 Å². The van der Waals surface area contributed by atoms with Gasteiger partial charge in [-0.3, -0.25) is 0 Å². The molecule has 0 spiro atoms. The van der Waals surface area contributed by atoms with Gasteiger partial charge in [-0.25, -0.2) is 4.98 Å². The number of rotatable bonds is 5. The number of para-hydroxylation sites is 1. The Bertz CT molecular complexity index is 612. The number of hydrogen-bond acceptors (Lipinski definition) is 3. The molecule has 0 atom stereocenters. The van der Waals surface area contributed by atoms with Gasteiger partial charge in [0.1, 0.15) is 11.6 Å². The molecular weight excluding hydrogens is 293 g/mol. The maximum atomic E-state index is 12.5. The zero-order valence-corrected chi connectivity index (χ0v) is 12.4. The highest BCUT2D eigenvalue weighted by atomic mass is 19.4. The van der Waals surface area contributed by atoms with Crippen LogP contribution in [0.25, 0.3) is 0 Å². The maximum Gasteiger partial charge on any atom is 0.417 e. The standard InChI is InChI=1S/C16H17F3N2O/c1-3-22-14-7-5-4-6-12(14)11-21(2)15-9-8-13(10-20-15)16(17,18)19/h4-10H,3,11H2,1-2H3. The fourth-order valence-corrected chi connectivity index (χ4v) is 2.05. The second-order valence-electron chi connectivity index (χ2n) is 4.80. The minimum Gasteiger partial charge on any atom is -0.494 e. The van der Waals surface area contributed by atoms with Gasteiger partial charge in [-0.2, -0.15) is 13.2 Å². The number of hydrogen-bond donors (Lipinski definition) is 0. The molecule has 0 amide bonds. The van der Waals surface area contributed by atoms with E-state index in [4.69, 9.17) is 4.74 Å². The second-order valence-corrected chi connectivity index (χ2v) is 4.80. The molecular formula is C16H17F3N2O. The summed E-state index contributed by atoms with van der Waals surface area (Å²) in [5, 5.41) is 0. The van der Waals surface area contributed by atoms with Crippen molar-refractivity contribution in [2.45, 2.75) is 19.6 Å². The van der Waals surface area contributed by atoms with Crippen LogP contribution in [0, 0.1) is 0 Å². The Labute approximate surface area is 127 Å². The fourth-order valence-electron chi connectivity index (χ4n) is 2.05. The van der Waals surface area contributed by atoms with Crippen molar-refractivity contribution in [1.29, 1.82) is 0 Å². The summed E-state index contributed by atoms with van der Waals surface area (Å²) in [6.07, 6.45) is -3.52. The van der Waals surface area contributed by atoms with E-state index in [0.29, 0.717) is 19.0 Å². The minimum atomic E-state index is -4.37. The number of benzene rings is 1. The van der Waals surface area contributed by atoms with Crippen LogP contribution in [-0.4, -0.2) is 18.6 Å². The van der Waals surface area contributed by atoms with E-state index >= 15 is 0 Å². The van der Waals surface area contributed by atoms with E-state index in [9.17, 15) is 13.2 Å². The van der Waals surface area contributed by atoms with Gasteiger partial charge in [0, 0.05) is 25.4 Å². The molecule has 0 bridgehead atoms. The van der Waals surface area contributed by atoms with Gasteiger partial charge in [-0.1, -0.05) is 18.2 Å². The van der Waals surface area contributed by atoms with Crippen LogP contribution in [0.5, 0.6) is 5.75 Å². The number of pyridine rings is 1. The molecule has 118 valence electrons. The van der Waals surface area contributed by atoms with Gasteiger partial charge in [0.2, 0.25) is 0 Å². The van der Waals surface area contributed by atoms with E-state index in [1.807, 2.05) is 31.2 Å². The Morgan fingerprint density at radius 1 is 1.14 bits per heavy atom. The minimum absolute atomic E-state index is 0.472. The summed E-state index contributed by atoms with van der Waals surface area (Å²) in [6.45, 7) is 2.95. The van der Waals surface area contributed by atoms with E-state index in [0.717, 1.165) is 23.6 Å². The molecule has 0 aliphatic rings. The summed E-state index contributed by atoms with van der Waals surface area (Å²) in [5.41, 5.74) is 0.202. The molecule has 0 aliphatic heterocycles. The molecule has 3 nitrogen and oxygen atoms in total. The maximum absolute atomic E-state index is 12.5. The molecule has 0 aliphatic carbocycles. The van der Waals surface area contributed by atoms with E-state index in [-0.39, 0.29) is 0 Å². The second kappa shape index (κ2) is 6.68. The summed E-state index contributed by atoms with van der Waals surface area (Å²) in [7, 11) is 1.78. The summed E-state index contributed by atoms with van der Waals surface area (Å²) < 4.78 is 43.1. The largest absolute Gasteiger partial charge is 0.494 e. The van der Waals surface area contributed by atoms with E-state index in [1.165, 1.54) is 6.07 Å². The predicted octanol–water partition coefficient (Wildman–Crippen LogP) is 4.14. The van der Waals surface area contributed by atoms with Crippen LogP contribution in [0.1, 0.15) is 18.1 Å². The Morgan fingerprint density at radius 3 is 2.45 bits per heavy atom. The zero-order valence-electron chi connectivity index (χ0n) is 12.4. The lowest BCUT2D eigenvalue weighted by Gasteiger charge is -2.20. The summed E-state index contributed by atoms with van der Waals surface area (Å²) in [6, 6.07) is 9.97. The lowest BCUT2D eigenvalue weighted by molar-refractivity contribution is -0.137. The fraction of sp³-hybridized carbons (Fsp3) is 0.312. The smallest absolute Gasteiger partial charge is 0.417 e. The summed E-state index contributed by atoms with van der Waals surface area (Å²) in [4.78, 5) is 5.66. The molecule has 0 saturated heterocycles. The van der Waals surface area contributed by atoms with Crippen molar-refractivity contribution in [1.82, 2.24) is 4.98 Å². The van der Waals surface area contributed by atoms with Crippen LogP contribution < -0.4 is 9.64 Å². The van der Waals surface area contributed by atoms with Gasteiger partial charge in [-0.05, 0) is 25.1 Å². The molecule has 0 N–H and O–H groups in total. The number of halogens is 3. The van der Waals surface area contributed by atoms with Crippen LogP contribution >= 0.6 is 0 Å². The Balaban J connectivity index is 2.14. The number of nitrogens with zero attached hydrogens (tertiary/aromatic N) is 2. The van der Waals surface area contributed by atoms with Crippen molar-refractivity contribution in [2.75, 3.05) is 18.6 Å². The number of alkyl halides is 3. The molecule has 1 aromatic carbocycles.